The smallest absolute Gasteiger partial charge is 0.412 e. The number of nitrogens with one attached hydrogen (secondary N) is 5. The highest BCUT2D eigenvalue weighted by Gasteiger charge is 2.27. The Hall–Kier alpha value is -6.73. The fourth-order valence-electron chi connectivity index (χ4n) is 5.86. The van der Waals surface area contributed by atoms with E-state index in [4.69, 9.17) is 66.3 Å². The largest absolute Gasteiger partial charge is 0.467 e. The summed E-state index contributed by atoms with van der Waals surface area (Å²) in [4.78, 5) is 111. The minimum absolute atomic E-state index is 0. The van der Waals surface area contributed by atoms with E-state index in [0.29, 0.717) is 16.9 Å². The van der Waals surface area contributed by atoms with Gasteiger partial charge in [0.2, 0.25) is 0 Å². The minimum Gasteiger partial charge on any atom is -0.467 e. The average molecular weight is 1050 g/mol. The first-order chi connectivity index (χ1) is 32.5. The number of Topliss-reactive ketones (excluding diaryl/α,β-unsaturated/α-hetero) is 2. The second-order valence-corrected chi connectivity index (χ2v) is 17.3. The predicted molar refractivity (Wildman–Crippen MR) is 266 cm³/mol. The quantitative estimate of drug-likeness (QED) is 0.0300. The number of nitrogens with two attached hydrogens (primary N) is 1. The molecule has 0 aliphatic carbocycles. The number of hydrogen-bond donors (Lipinski definition) is 6. The number of halogens is 4. The SMILES string of the molecule is C.COC(=O)[C@H](CCC(=O)CNC(=O)c1cccc(N)c1)NC(=O)c1c(Cl)cccc1Cl.COC(=O)[C@H](CCC(=O)CNC(=O)c1cccc(NC(=O)OC(C)(C)C)c1)NC(=O)c1c(Cl)cccc1Cl. The molecule has 0 saturated heterocycles. The summed E-state index contributed by atoms with van der Waals surface area (Å²) in [5.74, 6) is -4.58. The van der Waals surface area contributed by atoms with Crippen molar-refractivity contribution in [3.63, 3.8) is 0 Å². The van der Waals surface area contributed by atoms with E-state index in [1.54, 1.807) is 63.2 Å². The van der Waals surface area contributed by atoms with Crippen LogP contribution in [-0.2, 0) is 33.4 Å². The molecule has 4 aromatic carbocycles. The van der Waals surface area contributed by atoms with Gasteiger partial charge in [-0.2, -0.15) is 0 Å². The highest BCUT2D eigenvalue weighted by molar-refractivity contribution is 6.40. The molecule has 0 saturated carbocycles. The Balaban J connectivity index is 0.000000483. The number of nitrogen functional groups attached to an aromatic ring is 1. The van der Waals surface area contributed by atoms with Crippen molar-refractivity contribution in [1.82, 2.24) is 21.3 Å². The van der Waals surface area contributed by atoms with E-state index in [9.17, 15) is 43.2 Å². The molecule has 0 radical (unpaired) electrons. The Kier molecular flexibility index (Phi) is 24.3. The molecule has 4 aromatic rings. The lowest BCUT2D eigenvalue weighted by Crippen LogP contribution is -2.42. The van der Waals surface area contributed by atoms with Crippen LogP contribution in [0.15, 0.2) is 84.9 Å². The van der Waals surface area contributed by atoms with Crippen LogP contribution in [0.3, 0.4) is 0 Å². The summed E-state index contributed by atoms with van der Waals surface area (Å²) in [6, 6.07) is 19.3. The maximum atomic E-state index is 12.6. The first-order valence-corrected chi connectivity index (χ1v) is 22.2. The van der Waals surface area contributed by atoms with E-state index in [1.807, 2.05) is 0 Å². The Morgan fingerprint density at radius 1 is 0.571 bits per heavy atom. The lowest BCUT2D eigenvalue weighted by atomic mass is 10.1. The number of methoxy groups -OCH3 is 2. The van der Waals surface area contributed by atoms with Gasteiger partial charge >= 0.3 is 18.0 Å². The summed E-state index contributed by atoms with van der Waals surface area (Å²) in [5, 5.41) is 12.9. The van der Waals surface area contributed by atoms with Gasteiger partial charge in [-0.05, 0) is 94.3 Å². The van der Waals surface area contributed by atoms with Gasteiger partial charge in [-0.25, -0.2) is 14.4 Å². The zero-order valence-corrected chi connectivity index (χ0v) is 41.0. The van der Waals surface area contributed by atoms with Crippen molar-refractivity contribution in [1.29, 1.82) is 0 Å². The summed E-state index contributed by atoms with van der Waals surface area (Å²) < 4.78 is 14.6. The summed E-state index contributed by atoms with van der Waals surface area (Å²) >= 11 is 24.1. The molecule has 0 heterocycles. The molecule has 0 aromatic heterocycles. The van der Waals surface area contributed by atoms with Gasteiger partial charge in [-0.3, -0.25) is 34.1 Å². The number of anilines is 2. The van der Waals surface area contributed by atoms with Crippen molar-refractivity contribution in [3.8, 4) is 0 Å². The van der Waals surface area contributed by atoms with Gasteiger partial charge in [0.25, 0.3) is 23.6 Å². The van der Waals surface area contributed by atoms with Gasteiger partial charge in [-0.1, -0.05) is 78.1 Å². The maximum absolute atomic E-state index is 12.6. The second-order valence-electron chi connectivity index (χ2n) is 15.6. The molecule has 7 N–H and O–H groups in total. The molecular formula is C48H54Cl4N6O12. The number of carbonyl (C=O) groups excluding carboxylic acids is 9. The van der Waals surface area contributed by atoms with Crippen molar-refractivity contribution in [3.05, 3.63) is 127 Å². The minimum atomic E-state index is -1.14. The van der Waals surface area contributed by atoms with Gasteiger partial charge in [0.05, 0.1) is 58.5 Å². The second kappa shape index (κ2) is 28.7. The molecular weight excluding hydrogens is 994 g/mol. The molecule has 22 heteroatoms. The van der Waals surface area contributed by atoms with E-state index < -0.39 is 59.3 Å². The summed E-state index contributed by atoms with van der Waals surface area (Å²) in [7, 11) is 2.31. The number of amides is 5. The van der Waals surface area contributed by atoms with E-state index >= 15 is 0 Å². The van der Waals surface area contributed by atoms with Gasteiger partial charge in [0.1, 0.15) is 17.7 Å². The Bertz CT molecular complexity index is 2510. The number of esters is 2. The van der Waals surface area contributed by atoms with Crippen LogP contribution in [0.1, 0.15) is 95.3 Å². The van der Waals surface area contributed by atoms with Crippen LogP contribution in [0.2, 0.25) is 20.1 Å². The third kappa shape index (κ3) is 19.7. The maximum Gasteiger partial charge on any atom is 0.412 e. The lowest BCUT2D eigenvalue weighted by Gasteiger charge is -2.19. The monoisotopic (exact) mass is 1050 g/mol. The summed E-state index contributed by atoms with van der Waals surface area (Å²) in [5.41, 5.74) is 6.26. The zero-order valence-electron chi connectivity index (χ0n) is 38.0. The van der Waals surface area contributed by atoms with E-state index in [-0.39, 0.29) is 94.5 Å². The fraction of sp³-hybridized carbons (Fsp3) is 0.312. The topological polar surface area (TPSA) is 267 Å². The molecule has 0 spiro atoms. The highest BCUT2D eigenvalue weighted by atomic mass is 35.5. The van der Waals surface area contributed by atoms with Crippen molar-refractivity contribution < 1.29 is 57.4 Å². The number of ketones is 2. The third-order valence-electron chi connectivity index (χ3n) is 9.20. The predicted octanol–water partition coefficient (Wildman–Crippen LogP) is 7.65. The van der Waals surface area contributed by atoms with Crippen molar-refractivity contribution in [2.75, 3.05) is 38.4 Å². The number of benzene rings is 4. The lowest BCUT2D eigenvalue weighted by molar-refractivity contribution is -0.144. The van der Waals surface area contributed by atoms with Gasteiger partial charge < -0.3 is 41.2 Å². The Morgan fingerprint density at radius 3 is 1.34 bits per heavy atom. The molecule has 376 valence electrons. The number of rotatable bonds is 19. The fourth-order valence-corrected chi connectivity index (χ4v) is 7.00. The Labute approximate surface area is 424 Å². The summed E-state index contributed by atoms with van der Waals surface area (Å²) in [6.07, 6.45) is -1.02. The first kappa shape index (κ1) is 59.4. The molecule has 0 fully saturated rings. The van der Waals surface area contributed by atoms with Crippen LogP contribution in [0, 0.1) is 0 Å². The number of carbonyl (C=O) groups is 9. The van der Waals surface area contributed by atoms with E-state index in [2.05, 4.69) is 26.6 Å². The molecule has 0 unspecified atom stereocenters. The van der Waals surface area contributed by atoms with Crippen LogP contribution in [-0.4, -0.2) is 98.2 Å². The van der Waals surface area contributed by atoms with Crippen molar-refractivity contribution >= 4 is 111 Å². The van der Waals surface area contributed by atoms with Crippen LogP contribution in [0.5, 0.6) is 0 Å². The van der Waals surface area contributed by atoms with Crippen molar-refractivity contribution in [2.24, 2.45) is 0 Å². The van der Waals surface area contributed by atoms with Gasteiger partial charge in [-0.15, -0.1) is 0 Å². The first-order valence-electron chi connectivity index (χ1n) is 20.7. The molecule has 4 rings (SSSR count). The summed E-state index contributed by atoms with van der Waals surface area (Å²) in [6.45, 7) is 4.61. The molecule has 5 amide bonds. The Morgan fingerprint density at radius 2 is 0.957 bits per heavy atom. The number of hydrogen-bond acceptors (Lipinski definition) is 13. The number of ether oxygens (including phenoxy) is 3. The molecule has 0 aliphatic heterocycles. The molecule has 2 atom stereocenters. The molecule has 0 bridgehead atoms. The van der Waals surface area contributed by atoms with Crippen molar-refractivity contribution in [2.45, 2.75) is 71.6 Å². The van der Waals surface area contributed by atoms with Crippen LogP contribution < -0.4 is 32.3 Å². The van der Waals surface area contributed by atoms with Gasteiger partial charge in [0.15, 0.2) is 11.6 Å². The van der Waals surface area contributed by atoms with Crippen LogP contribution >= 0.6 is 46.4 Å². The highest BCUT2D eigenvalue weighted by Crippen LogP contribution is 2.26. The molecule has 0 aliphatic rings. The molecule has 70 heavy (non-hydrogen) atoms. The van der Waals surface area contributed by atoms with Gasteiger partial charge in [0, 0.05) is 35.3 Å². The van der Waals surface area contributed by atoms with E-state index in [1.165, 1.54) is 42.5 Å². The normalized spacial score (nSPS) is 11.3. The van der Waals surface area contributed by atoms with E-state index in [0.717, 1.165) is 14.2 Å². The standard InChI is InChI=1S/C26H29Cl2N3O7.C21H21Cl2N3O5.CH4/c1-26(2,3)38-25(36)30-16-8-5-7-15(13-16)22(33)29-14-17(32)11-12-20(24(35)37-4)31-23(34)21-18(27)9-6-10-19(21)28;1-31-21(30)17(26-20(29)18-15(22)6-3-7-16(18)23)9-8-14(27)11-25-19(28)12-4-2-5-13(24)10-12;/h5-10,13,20H,11-12,14H2,1-4H3,(H,29,33)(H,30,36)(H,31,34);2-7,10,17H,8-9,11,24H2,1H3,(H,25,28)(H,26,29);1H4/t20-;17-;/m00./s1. The van der Waals surface area contributed by atoms with Crippen LogP contribution in [0.25, 0.3) is 0 Å². The third-order valence-corrected chi connectivity index (χ3v) is 10.5. The molecule has 18 nitrogen and oxygen atoms in total. The van der Waals surface area contributed by atoms with Crippen LogP contribution in [0.4, 0.5) is 16.2 Å². The zero-order chi connectivity index (χ0) is 51.4. The average Bonchev–Trinajstić information content (AvgIpc) is 3.29.